The minimum absolute atomic E-state index is 0.131. The van der Waals surface area contributed by atoms with Gasteiger partial charge in [0.25, 0.3) is 0 Å². The lowest BCUT2D eigenvalue weighted by atomic mass is 9.87. The lowest BCUT2D eigenvalue weighted by molar-refractivity contribution is -0.133. The summed E-state index contributed by atoms with van der Waals surface area (Å²) in [5.74, 6) is -0.131. The van der Waals surface area contributed by atoms with Crippen LogP contribution in [0.15, 0.2) is 0 Å². The summed E-state index contributed by atoms with van der Waals surface area (Å²) in [5, 5.41) is 3.35. The van der Waals surface area contributed by atoms with Gasteiger partial charge in [0.1, 0.15) is 5.54 Å². The quantitative estimate of drug-likeness (QED) is 0.734. The van der Waals surface area contributed by atoms with Crippen LogP contribution >= 0.6 is 0 Å². The number of hydrogen-bond donors (Lipinski definition) is 2. The second kappa shape index (κ2) is 4.79. The number of rotatable bonds is 3. The van der Waals surface area contributed by atoms with Gasteiger partial charge in [0.2, 0.25) is 5.91 Å². The Morgan fingerprint density at radius 3 is 3.06 bits per heavy atom. The number of primary amides is 1. The number of amides is 1. The average molecular weight is 253 g/mol. The summed E-state index contributed by atoms with van der Waals surface area (Å²) in [5.41, 5.74) is 5.33. The predicted octanol–water partition coefficient (Wildman–Crippen LogP) is -0.153. The molecule has 2 bridgehead atoms. The molecule has 5 nitrogen and oxygen atoms in total. The Kier molecular flexibility index (Phi) is 3.30. The lowest BCUT2D eigenvalue weighted by Crippen LogP contribution is -2.61. The summed E-state index contributed by atoms with van der Waals surface area (Å²) in [4.78, 5) is 14.3. The third kappa shape index (κ3) is 1.94. The number of morpholine rings is 1. The first-order chi connectivity index (χ1) is 8.72. The zero-order chi connectivity index (χ0) is 12.6. The fourth-order valence-corrected chi connectivity index (χ4v) is 3.92. The number of carbonyl (C=O) groups is 1. The van der Waals surface area contributed by atoms with E-state index in [0.717, 1.165) is 51.9 Å². The van der Waals surface area contributed by atoms with Crippen molar-refractivity contribution >= 4 is 5.91 Å². The van der Waals surface area contributed by atoms with E-state index < -0.39 is 0 Å². The first kappa shape index (κ1) is 12.4. The normalized spacial score (nSPS) is 40.9. The van der Waals surface area contributed by atoms with Gasteiger partial charge in [-0.15, -0.1) is 0 Å². The minimum Gasteiger partial charge on any atom is -0.374 e. The number of fused-ring (bicyclic) bond motifs is 2. The molecule has 18 heavy (non-hydrogen) atoms. The van der Waals surface area contributed by atoms with Gasteiger partial charge in [0.05, 0.1) is 12.7 Å². The van der Waals surface area contributed by atoms with Gasteiger partial charge in [0.15, 0.2) is 0 Å². The van der Waals surface area contributed by atoms with Crippen molar-refractivity contribution in [3.63, 3.8) is 0 Å². The Labute approximate surface area is 108 Å². The number of nitrogens with zero attached hydrogens (tertiary/aromatic N) is 1. The SMILES string of the molecule is NC(=O)[C@]12CCC[C@H](CC1)N2CC1CNCCO1. The lowest BCUT2D eigenvalue weighted by Gasteiger charge is -2.44. The monoisotopic (exact) mass is 253 g/mol. The second-order valence-corrected chi connectivity index (χ2v) is 5.83. The van der Waals surface area contributed by atoms with Crippen molar-refractivity contribution < 1.29 is 9.53 Å². The molecule has 0 aliphatic carbocycles. The largest absolute Gasteiger partial charge is 0.374 e. The number of ether oxygens (including phenoxy) is 1. The molecule has 102 valence electrons. The van der Waals surface area contributed by atoms with Gasteiger partial charge in [-0.2, -0.15) is 0 Å². The van der Waals surface area contributed by atoms with Crippen LogP contribution in [0.25, 0.3) is 0 Å². The molecule has 0 radical (unpaired) electrons. The van der Waals surface area contributed by atoms with E-state index in [1.807, 2.05) is 0 Å². The Morgan fingerprint density at radius 2 is 2.33 bits per heavy atom. The van der Waals surface area contributed by atoms with Crippen LogP contribution in [-0.2, 0) is 9.53 Å². The third-order valence-electron chi connectivity index (χ3n) is 4.87. The fourth-order valence-electron chi connectivity index (χ4n) is 3.92. The van der Waals surface area contributed by atoms with Crippen LogP contribution in [-0.4, -0.2) is 54.7 Å². The Balaban J connectivity index is 1.74. The molecular formula is C13H23N3O2. The smallest absolute Gasteiger partial charge is 0.237 e. The molecule has 3 N–H and O–H groups in total. The molecule has 3 heterocycles. The van der Waals surface area contributed by atoms with Crippen LogP contribution in [0.2, 0.25) is 0 Å². The Hall–Kier alpha value is -0.650. The van der Waals surface area contributed by atoms with Crippen molar-refractivity contribution in [2.45, 2.75) is 49.8 Å². The van der Waals surface area contributed by atoms with E-state index >= 15 is 0 Å². The van der Waals surface area contributed by atoms with Crippen LogP contribution in [0.1, 0.15) is 32.1 Å². The van der Waals surface area contributed by atoms with E-state index in [9.17, 15) is 4.79 Å². The number of piperidine rings is 1. The van der Waals surface area contributed by atoms with Gasteiger partial charge >= 0.3 is 0 Å². The number of hydrogen-bond acceptors (Lipinski definition) is 4. The molecule has 0 aromatic rings. The topological polar surface area (TPSA) is 67.6 Å². The molecule has 3 saturated heterocycles. The molecular weight excluding hydrogens is 230 g/mol. The highest BCUT2D eigenvalue weighted by Crippen LogP contribution is 2.44. The summed E-state index contributed by atoms with van der Waals surface area (Å²) in [7, 11) is 0. The van der Waals surface area contributed by atoms with Gasteiger partial charge in [-0.3, -0.25) is 9.69 Å². The first-order valence-corrected chi connectivity index (χ1v) is 7.11. The second-order valence-electron chi connectivity index (χ2n) is 5.83. The maximum absolute atomic E-state index is 11.9. The molecule has 3 rings (SSSR count). The standard InChI is InChI=1S/C13H23N3O2/c14-12(17)13-4-1-2-10(3-5-13)16(13)9-11-8-15-6-7-18-11/h10-11,15H,1-9H2,(H2,14,17)/t10-,11?,13+/m1/s1. The van der Waals surface area contributed by atoms with E-state index in [2.05, 4.69) is 10.2 Å². The average Bonchev–Trinajstić information content (AvgIpc) is 2.60. The van der Waals surface area contributed by atoms with Crippen molar-refractivity contribution in [1.29, 1.82) is 0 Å². The van der Waals surface area contributed by atoms with Crippen molar-refractivity contribution in [1.82, 2.24) is 10.2 Å². The van der Waals surface area contributed by atoms with Crippen molar-refractivity contribution in [2.24, 2.45) is 5.73 Å². The zero-order valence-electron chi connectivity index (χ0n) is 10.9. The molecule has 5 heteroatoms. The van der Waals surface area contributed by atoms with E-state index in [4.69, 9.17) is 10.5 Å². The summed E-state index contributed by atoms with van der Waals surface area (Å²) in [6, 6.07) is 0.539. The molecule has 3 fully saturated rings. The minimum atomic E-state index is -0.371. The summed E-state index contributed by atoms with van der Waals surface area (Å²) in [6.07, 6.45) is 5.52. The molecule has 1 unspecified atom stereocenters. The zero-order valence-corrected chi connectivity index (χ0v) is 10.9. The molecule has 0 aromatic carbocycles. The van der Waals surface area contributed by atoms with Crippen molar-refractivity contribution in [2.75, 3.05) is 26.2 Å². The molecule has 3 aliphatic rings. The van der Waals surface area contributed by atoms with Gasteiger partial charge in [0, 0.05) is 25.7 Å². The Bertz CT molecular complexity index is 326. The van der Waals surface area contributed by atoms with Crippen molar-refractivity contribution in [3.05, 3.63) is 0 Å². The first-order valence-electron chi connectivity index (χ1n) is 7.11. The highest BCUT2D eigenvalue weighted by atomic mass is 16.5. The maximum atomic E-state index is 11.9. The highest BCUT2D eigenvalue weighted by molar-refractivity contribution is 5.85. The van der Waals surface area contributed by atoms with E-state index in [1.165, 1.54) is 6.42 Å². The van der Waals surface area contributed by atoms with E-state index in [-0.39, 0.29) is 17.6 Å². The highest BCUT2D eigenvalue weighted by Gasteiger charge is 2.52. The maximum Gasteiger partial charge on any atom is 0.237 e. The predicted molar refractivity (Wildman–Crippen MR) is 68.1 cm³/mol. The molecule has 1 amide bonds. The van der Waals surface area contributed by atoms with Crippen LogP contribution in [0.5, 0.6) is 0 Å². The van der Waals surface area contributed by atoms with E-state index in [0.29, 0.717) is 6.04 Å². The van der Waals surface area contributed by atoms with Gasteiger partial charge in [-0.25, -0.2) is 0 Å². The number of nitrogens with two attached hydrogens (primary N) is 1. The fraction of sp³-hybridized carbons (Fsp3) is 0.923. The summed E-state index contributed by atoms with van der Waals surface area (Å²) < 4.78 is 5.77. The molecule has 3 aliphatic heterocycles. The van der Waals surface area contributed by atoms with Crippen LogP contribution in [0.4, 0.5) is 0 Å². The van der Waals surface area contributed by atoms with Gasteiger partial charge in [-0.05, 0) is 32.1 Å². The van der Waals surface area contributed by atoms with Crippen molar-refractivity contribution in [3.8, 4) is 0 Å². The van der Waals surface area contributed by atoms with E-state index in [1.54, 1.807) is 0 Å². The third-order valence-corrected chi connectivity index (χ3v) is 4.87. The molecule has 0 aromatic heterocycles. The van der Waals surface area contributed by atoms with Crippen LogP contribution < -0.4 is 11.1 Å². The van der Waals surface area contributed by atoms with Crippen LogP contribution in [0.3, 0.4) is 0 Å². The number of nitrogens with one attached hydrogen (secondary N) is 1. The van der Waals surface area contributed by atoms with Crippen LogP contribution in [0, 0.1) is 0 Å². The Morgan fingerprint density at radius 1 is 1.44 bits per heavy atom. The molecule has 3 atom stereocenters. The summed E-state index contributed by atoms with van der Waals surface area (Å²) >= 11 is 0. The summed E-state index contributed by atoms with van der Waals surface area (Å²) in [6.45, 7) is 3.44. The van der Waals surface area contributed by atoms with Gasteiger partial charge in [-0.1, -0.05) is 0 Å². The molecule has 0 spiro atoms. The molecule has 0 saturated carbocycles. The van der Waals surface area contributed by atoms with Gasteiger partial charge < -0.3 is 15.8 Å². The number of carbonyl (C=O) groups excluding carboxylic acids is 1.